The van der Waals surface area contributed by atoms with E-state index < -0.39 is 0 Å². The van der Waals surface area contributed by atoms with Crippen LogP contribution >= 0.6 is 23.3 Å². The lowest BCUT2D eigenvalue weighted by atomic mass is 10.3. The smallest absolute Gasteiger partial charge is 0.240 e. The minimum absolute atomic E-state index is 1.15. The summed E-state index contributed by atoms with van der Waals surface area (Å²) in [6, 6.07) is 0. The van der Waals surface area contributed by atoms with Crippen molar-refractivity contribution in [1.29, 1.82) is 0 Å². The van der Waals surface area contributed by atoms with Gasteiger partial charge in [-0.3, -0.25) is 0 Å². The number of aryl methyl sites for hydroxylation is 2. The molecule has 0 saturated heterocycles. The van der Waals surface area contributed by atoms with Crippen molar-refractivity contribution in [3.8, 4) is 0 Å². The van der Waals surface area contributed by atoms with E-state index >= 15 is 0 Å². The van der Waals surface area contributed by atoms with Crippen LogP contribution in [0.15, 0.2) is 18.7 Å². The lowest BCUT2D eigenvalue weighted by molar-refractivity contribution is -0.671. The topological polar surface area (TPSA) is 8.81 Å². The minimum atomic E-state index is 1.15. The summed E-state index contributed by atoms with van der Waals surface area (Å²) in [4.78, 5) is 0. The molecule has 1 rings (SSSR count). The Bertz CT molecular complexity index is 199. The zero-order valence-corrected chi connectivity index (χ0v) is 9.43. The molecule has 2 nitrogen and oxygen atoms in total. The molecule has 0 saturated carbocycles. The van der Waals surface area contributed by atoms with Crippen molar-refractivity contribution in [3.05, 3.63) is 18.7 Å². The Morgan fingerprint density at radius 1 is 1.42 bits per heavy atom. The maximum absolute atomic E-state index is 3.22. The Morgan fingerprint density at radius 3 is 2.50 bits per heavy atom. The maximum atomic E-state index is 3.22. The summed E-state index contributed by atoms with van der Waals surface area (Å²) >= 11 is 6.44. The molecule has 0 aliphatic rings. The second-order valence-corrected chi connectivity index (χ2v) is 2.67. The van der Waals surface area contributed by atoms with E-state index in [0.29, 0.717) is 0 Å². The second-order valence-electron chi connectivity index (χ2n) is 2.67. The van der Waals surface area contributed by atoms with E-state index in [-0.39, 0.29) is 0 Å². The Hall–Kier alpha value is -0.0900. The summed E-state index contributed by atoms with van der Waals surface area (Å²) in [5, 5.41) is 0. The molecule has 0 bridgehead atoms. The van der Waals surface area contributed by atoms with Gasteiger partial charge < -0.3 is 0 Å². The van der Waals surface area contributed by atoms with Gasteiger partial charge in [-0.05, 0) is 6.42 Å². The second kappa shape index (κ2) is 7.55. The minimum Gasteiger partial charge on any atom is -0.240 e. The first kappa shape index (κ1) is 11.9. The third-order valence-electron chi connectivity index (χ3n) is 1.59. The number of hydrogen-bond acceptors (Lipinski definition) is 2. The normalized spacial score (nSPS) is 9.00. The van der Waals surface area contributed by atoms with Crippen LogP contribution < -0.4 is 4.57 Å². The van der Waals surface area contributed by atoms with Crippen LogP contribution in [0.3, 0.4) is 0 Å². The third kappa shape index (κ3) is 4.72. The van der Waals surface area contributed by atoms with Crippen LogP contribution in [-0.4, -0.2) is 4.57 Å². The van der Waals surface area contributed by atoms with Gasteiger partial charge in [-0.15, -0.1) is 23.3 Å². The fraction of sp³-hybridized carbons (Fsp3) is 0.625. The summed E-state index contributed by atoms with van der Waals surface area (Å²) in [7, 11) is 2.04. The van der Waals surface area contributed by atoms with Crippen molar-refractivity contribution >= 4 is 23.3 Å². The summed E-state index contributed by atoms with van der Waals surface area (Å²) < 4.78 is 4.28. The van der Waals surface area contributed by atoms with Gasteiger partial charge in [-0.2, -0.15) is 0 Å². The molecule has 0 aliphatic carbocycles. The summed E-state index contributed by atoms with van der Waals surface area (Å²) in [5.41, 5.74) is 0. The zero-order valence-electron chi connectivity index (χ0n) is 7.64. The lowest BCUT2D eigenvalue weighted by Crippen LogP contribution is -2.23. The number of hydrogen-bond donors (Lipinski definition) is 2. The molecule has 0 aromatic carbocycles. The fourth-order valence-electron chi connectivity index (χ4n) is 0.975. The predicted octanol–water partition coefficient (Wildman–Crippen LogP) is 1.87. The SMILES string of the molecule is CCCCn1cc[n+](C)c1.SS. The monoisotopic (exact) mass is 205 g/mol. The van der Waals surface area contributed by atoms with Gasteiger partial charge in [0.25, 0.3) is 0 Å². The van der Waals surface area contributed by atoms with Gasteiger partial charge in [0, 0.05) is 0 Å². The van der Waals surface area contributed by atoms with E-state index in [2.05, 4.69) is 58.1 Å². The molecule has 0 N–H and O–H groups in total. The molecular weight excluding hydrogens is 188 g/mol. The van der Waals surface area contributed by atoms with Gasteiger partial charge in [0.2, 0.25) is 6.33 Å². The van der Waals surface area contributed by atoms with Crippen LogP contribution in [0.5, 0.6) is 0 Å². The van der Waals surface area contributed by atoms with Crippen LogP contribution in [0.25, 0.3) is 0 Å². The number of imidazole rings is 1. The Morgan fingerprint density at radius 2 is 2.08 bits per heavy atom. The first-order chi connectivity index (χ1) is 5.83. The molecule has 1 heterocycles. The van der Waals surface area contributed by atoms with E-state index in [1.165, 1.54) is 12.8 Å². The summed E-state index contributed by atoms with van der Waals surface area (Å²) in [5.74, 6) is 0. The van der Waals surface area contributed by atoms with Crippen LogP contribution in [0, 0.1) is 0 Å². The van der Waals surface area contributed by atoms with Crippen molar-refractivity contribution in [2.75, 3.05) is 0 Å². The van der Waals surface area contributed by atoms with Crippen molar-refractivity contribution in [3.63, 3.8) is 0 Å². The highest BCUT2D eigenvalue weighted by Gasteiger charge is 1.96. The van der Waals surface area contributed by atoms with Crippen LogP contribution in [0.4, 0.5) is 0 Å². The van der Waals surface area contributed by atoms with Crippen molar-refractivity contribution in [2.24, 2.45) is 7.05 Å². The van der Waals surface area contributed by atoms with Crippen LogP contribution in [0.1, 0.15) is 19.8 Å². The largest absolute Gasteiger partial charge is 0.243 e. The van der Waals surface area contributed by atoms with E-state index in [1.54, 1.807) is 0 Å². The number of unbranched alkanes of at least 4 members (excludes halogenated alkanes) is 1. The average Bonchev–Trinajstić information content (AvgIpc) is 2.51. The zero-order chi connectivity index (χ0) is 9.40. The van der Waals surface area contributed by atoms with Crippen molar-refractivity contribution < 1.29 is 4.57 Å². The Kier molecular flexibility index (Phi) is 7.50. The average molecular weight is 205 g/mol. The molecule has 0 atom stereocenters. The molecule has 0 unspecified atom stereocenters. The van der Waals surface area contributed by atoms with Gasteiger partial charge in [0.15, 0.2) is 0 Å². The molecule has 70 valence electrons. The molecule has 0 fully saturated rings. The molecule has 0 radical (unpaired) electrons. The number of aromatic nitrogens is 2. The van der Waals surface area contributed by atoms with Crippen LogP contribution in [0.2, 0.25) is 0 Å². The molecule has 0 amide bonds. The van der Waals surface area contributed by atoms with E-state index in [9.17, 15) is 0 Å². The molecule has 0 aliphatic heterocycles. The fourth-order valence-corrected chi connectivity index (χ4v) is 0.975. The first-order valence-electron chi connectivity index (χ1n) is 4.04. The van der Waals surface area contributed by atoms with Gasteiger partial charge in [0.1, 0.15) is 12.4 Å². The highest BCUT2D eigenvalue weighted by molar-refractivity contribution is 8.59. The summed E-state index contributed by atoms with van der Waals surface area (Å²) in [6.45, 7) is 3.36. The molecule has 1 aromatic heterocycles. The van der Waals surface area contributed by atoms with Gasteiger partial charge >= 0.3 is 0 Å². The quantitative estimate of drug-likeness (QED) is 0.423. The van der Waals surface area contributed by atoms with Gasteiger partial charge in [-0.1, -0.05) is 13.3 Å². The molecule has 4 heteroatoms. The van der Waals surface area contributed by atoms with Crippen LogP contribution in [-0.2, 0) is 13.6 Å². The third-order valence-corrected chi connectivity index (χ3v) is 1.59. The van der Waals surface area contributed by atoms with E-state index in [4.69, 9.17) is 0 Å². The molecule has 0 spiro atoms. The van der Waals surface area contributed by atoms with E-state index in [0.717, 1.165) is 6.54 Å². The number of rotatable bonds is 3. The lowest BCUT2D eigenvalue weighted by Gasteiger charge is -1.90. The van der Waals surface area contributed by atoms with E-state index in [1.807, 2.05) is 7.05 Å². The molecule has 12 heavy (non-hydrogen) atoms. The highest BCUT2D eigenvalue weighted by Crippen LogP contribution is 1.91. The molecule has 1 aromatic rings. The van der Waals surface area contributed by atoms with Crippen molar-refractivity contribution in [2.45, 2.75) is 26.3 Å². The Balaban J connectivity index is 0.000000561. The number of nitrogens with zero attached hydrogens (tertiary/aromatic N) is 2. The predicted molar refractivity (Wildman–Crippen MR) is 58.5 cm³/mol. The highest BCUT2D eigenvalue weighted by atomic mass is 33.1. The van der Waals surface area contributed by atoms with Crippen molar-refractivity contribution in [1.82, 2.24) is 4.57 Å². The summed E-state index contributed by atoms with van der Waals surface area (Å²) in [6.07, 6.45) is 8.82. The Labute approximate surface area is 84.8 Å². The van der Waals surface area contributed by atoms with Gasteiger partial charge in [0.05, 0.1) is 13.6 Å². The van der Waals surface area contributed by atoms with Gasteiger partial charge in [-0.25, -0.2) is 9.13 Å². The number of thiol groups is 2. The maximum Gasteiger partial charge on any atom is 0.243 e. The first-order valence-corrected chi connectivity index (χ1v) is 5.64. The standard InChI is InChI=1S/C8H15N2.H2S2/c1-3-4-5-10-7-6-9(2)8-10;1-2/h6-8H,3-5H2,1-2H3;1-2H/q+1;. The molecular formula is C8H17N2S2+.